The Labute approximate surface area is 122 Å². The normalized spacial score (nSPS) is 21.4. The van der Waals surface area contributed by atoms with Crippen LogP contribution in [0.15, 0.2) is 4.63 Å². The van der Waals surface area contributed by atoms with Gasteiger partial charge < -0.3 is 15.0 Å². The summed E-state index contributed by atoms with van der Waals surface area (Å²) in [6, 6.07) is 0.291. The molecule has 0 aliphatic carbocycles. The summed E-state index contributed by atoms with van der Waals surface area (Å²) in [5.41, 5.74) is 0.701. The number of fused-ring (bicyclic) bond motifs is 1. The largest absolute Gasteiger partial charge is 0.375 e. The van der Waals surface area contributed by atoms with E-state index in [0.717, 1.165) is 25.3 Å². The molecule has 0 radical (unpaired) electrons. The summed E-state index contributed by atoms with van der Waals surface area (Å²) in [6.07, 6.45) is 1.85. The fraction of sp³-hybridized carbons (Fsp3) is 0.692. The number of rotatable bonds is 3. The maximum Gasteiger partial charge on any atom is 0.245 e. The molecule has 0 bridgehead atoms. The van der Waals surface area contributed by atoms with Crippen LogP contribution in [0.3, 0.4) is 0 Å². The van der Waals surface area contributed by atoms with E-state index in [1.54, 1.807) is 0 Å². The third-order valence-electron chi connectivity index (χ3n) is 3.56. The van der Waals surface area contributed by atoms with Crippen molar-refractivity contribution < 1.29 is 9.37 Å². The molecule has 0 saturated carbocycles. The second kappa shape index (κ2) is 5.10. The van der Waals surface area contributed by atoms with E-state index < -0.39 is 0 Å². The lowest BCUT2D eigenvalue weighted by atomic mass is 9.94. The van der Waals surface area contributed by atoms with Crippen LogP contribution in [0.5, 0.6) is 0 Å². The van der Waals surface area contributed by atoms with Crippen molar-refractivity contribution in [2.75, 3.05) is 30.9 Å². The van der Waals surface area contributed by atoms with Crippen molar-refractivity contribution in [3.8, 4) is 0 Å². The molecule has 2 aromatic rings. The quantitative estimate of drug-likeness (QED) is 0.909. The topological polar surface area (TPSA) is 89.2 Å². The predicted molar refractivity (Wildman–Crippen MR) is 78.4 cm³/mol. The number of anilines is 2. The molecule has 0 amide bonds. The molecule has 1 unspecified atom stereocenters. The zero-order valence-electron chi connectivity index (χ0n) is 12.8. The highest BCUT2D eigenvalue weighted by Gasteiger charge is 2.29. The van der Waals surface area contributed by atoms with E-state index in [2.05, 4.69) is 44.1 Å². The van der Waals surface area contributed by atoms with Gasteiger partial charge in [-0.15, -0.1) is 0 Å². The number of nitrogens with zero attached hydrogens (tertiary/aromatic N) is 5. The minimum absolute atomic E-state index is 0.124. The third-order valence-corrected chi connectivity index (χ3v) is 3.56. The average molecular weight is 292 g/mol. The Morgan fingerprint density at radius 3 is 2.57 bits per heavy atom. The van der Waals surface area contributed by atoms with E-state index in [1.165, 1.54) is 0 Å². The van der Waals surface area contributed by atoms with Crippen LogP contribution in [-0.4, -0.2) is 52.6 Å². The highest BCUT2D eigenvalue weighted by atomic mass is 16.6. The van der Waals surface area contributed by atoms with Gasteiger partial charge in [0.25, 0.3) is 0 Å². The van der Waals surface area contributed by atoms with Gasteiger partial charge in [-0.05, 0) is 37.0 Å². The second-order valence-corrected chi connectivity index (χ2v) is 6.14. The summed E-state index contributed by atoms with van der Waals surface area (Å²) in [6.45, 7) is 4.94. The monoisotopic (exact) mass is 292 g/mol. The number of hydrogen-bond acceptors (Lipinski definition) is 8. The first-order chi connectivity index (χ1) is 9.94. The minimum Gasteiger partial charge on any atom is -0.375 e. The lowest BCUT2D eigenvalue weighted by Crippen LogP contribution is -2.40. The Morgan fingerprint density at radius 1 is 1.19 bits per heavy atom. The summed E-state index contributed by atoms with van der Waals surface area (Å²) in [7, 11) is 3.84. The van der Waals surface area contributed by atoms with Crippen LogP contribution in [0.2, 0.25) is 0 Å². The summed E-state index contributed by atoms with van der Waals surface area (Å²) < 4.78 is 10.4. The van der Waals surface area contributed by atoms with E-state index in [1.807, 2.05) is 19.0 Å². The minimum atomic E-state index is -0.124. The highest BCUT2D eigenvalue weighted by molar-refractivity contribution is 5.73. The Bertz CT molecular complexity index is 639. The van der Waals surface area contributed by atoms with Gasteiger partial charge in [-0.25, -0.2) is 14.6 Å². The standard InChI is InChI=1S/C13H20N6O2/c1-13(2)7-8(5-6-20-13)14-11-12(19(3)4)16-10-9(15-11)17-21-18-10/h8H,5-7H2,1-4H3,(H,14,15,17). The number of ether oxygens (including phenoxy) is 1. The number of aromatic nitrogens is 4. The molecule has 114 valence electrons. The second-order valence-electron chi connectivity index (χ2n) is 6.14. The molecule has 1 saturated heterocycles. The molecular weight excluding hydrogens is 272 g/mol. The summed E-state index contributed by atoms with van der Waals surface area (Å²) in [5, 5.41) is 11.0. The van der Waals surface area contributed by atoms with Gasteiger partial charge in [-0.1, -0.05) is 0 Å². The SMILES string of the molecule is CN(C)c1nc2nonc2nc1NC1CCOC(C)(C)C1. The smallest absolute Gasteiger partial charge is 0.245 e. The molecule has 2 aromatic heterocycles. The van der Waals surface area contributed by atoms with E-state index in [0.29, 0.717) is 23.2 Å². The molecule has 8 heteroatoms. The van der Waals surface area contributed by atoms with Gasteiger partial charge in [0.05, 0.1) is 5.60 Å². The van der Waals surface area contributed by atoms with Crippen molar-refractivity contribution in [1.82, 2.24) is 20.3 Å². The Kier molecular flexibility index (Phi) is 3.40. The fourth-order valence-electron chi connectivity index (χ4n) is 2.59. The lowest BCUT2D eigenvalue weighted by Gasteiger charge is -2.36. The molecular formula is C13H20N6O2. The van der Waals surface area contributed by atoms with Crippen LogP contribution >= 0.6 is 0 Å². The van der Waals surface area contributed by atoms with Gasteiger partial charge in [-0.3, -0.25) is 0 Å². The molecule has 0 aromatic carbocycles. The lowest BCUT2D eigenvalue weighted by molar-refractivity contribution is -0.0553. The third kappa shape index (κ3) is 2.90. The van der Waals surface area contributed by atoms with E-state index in [9.17, 15) is 0 Å². The molecule has 1 aliphatic rings. The van der Waals surface area contributed by atoms with Crippen LogP contribution in [0.4, 0.5) is 11.6 Å². The predicted octanol–water partition coefficient (Wildman–Crippen LogP) is 1.45. The molecule has 3 rings (SSSR count). The number of nitrogens with one attached hydrogen (secondary N) is 1. The first kappa shape index (κ1) is 14.0. The first-order valence-electron chi connectivity index (χ1n) is 7.03. The van der Waals surface area contributed by atoms with Crippen molar-refractivity contribution in [2.45, 2.75) is 38.3 Å². The maximum absolute atomic E-state index is 5.74. The molecule has 1 atom stereocenters. The van der Waals surface area contributed by atoms with Crippen molar-refractivity contribution >= 4 is 22.9 Å². The van der Waals surface area contributed by atoms with E-state index in [4.69, 9.17) is 4.74 Å². The maximum atomic E-state index is 5.74. The van der Waals surface area contributed by atoms with Crippen molar-refractivity contribution in [3.05, 3.63) is 0 Å². The summed E-state index contributed by atoms with van der Waals surface area (Å²) >= 11 is 0. The Morgan fingerprint density at radius 2 is 1.90 bits per heavy atom. The summed E-state index contributed by atoms with van der Waals surface area (Å²) in [4.78, 5) is 10.8. The zero-order valence-corrected chi connectivity index (χ0v) is 12.8. The fourth-order valence-corrected chi connectivity index (χ4v) is 2.59. The van der Waals surface area contributed by atoms with Crippen molar-refractivity contribution in [2.24, 2.45) is 0 Å². The average Bonchev–Trinajstić information content (AvgIpc) is 2.83. The van der Waals surface area contributed by atoms with E-state index >= 15 is 0 Å². The molecule has 1 fully saturated rings. The van der Waals surface area contributed by atoms with Crippen LogP contribution in [0, 0.1) is 0 Å². The molecule has 1 aliphatic heterocycles. The van der Waals surface area contributed by atoms with Gasteiger partial charge in [0.2, 0.25) is 11.3 Å². The highest BCUT2D eigenvalue weighted by Crippen LogP contribution is 2.29. The number of hydrogen-bond donors (Lipinski definition) is 1. The molecule has 0 spiro atoms. The van der Waals surface area contributed by atoms with Gasteiger partial charge in [0, 0.05) is 26.7 Å². The van der Waals surface area contributed by atoms with Gasteiger partial charge in [0.1, 0.15) is 0 Å². The van der Waals surface area contributed by atoms with E-state index in [-0.39, 0.29) is 5.60 Å². The van der Waals surface area contributed by atoms with Crippen LogP contribution < -0.4 is 10.2 Å². The van der Waals surface area contributed by atoms with Crippen LogP contribution in [0.1, 0.15) is 26.7 Å². The Hall–Kier alpha value is -1.96. The first-order valence-corrected chi connectivity index (χ1v) is 7.03. The van der Waals surface area contributed by atoms with Crippen LogP contribution in [0.25, 0.3) is 11.3 Å². The molecule has 1 N–H and O–H groups in total. The van der Waals surface area contributed by atoms with Gasteiger partial charge >= 0.3 is 0 Å². The molecule has 8 nitrogen and oxygen atoms in total. The van der Waals surface area contributed by atoms with Crippen LogP contribution in [-0.2, 0) is 4.74 Å². The van der Waals surface area contributed by atoms with Crippen molar-refractivity contribution in [3.63, 3.8) is 0 Å². The molecule has 3 heterocycles. The van der Waals surface area contributed by atoms with Gasteiger partial charge in [0.15, 0.2) is 11.6 Å². The van der Waals surface area contributed by atoms with Crippen molar-refractivity contribution in [1.29, 1.82) is 0 Å². The molecule has 21 heavy (non-hydrogen) atoms. The summed E-state index contributed by atoms with van der Waals surface area (Å²) in [5.74, 6) is 1.42. The zero-order chi connectivity index (χ0) is 15.0. The van der Waals surface area contributed by atoms with Gasteiger partial charge in [-0.2, -0.15) is 0 Å². The Balaban J connectivity index is 1.89.